The summed E-state index contributed by atoms with van der Waals surface area (Å²) in [6, 6.07) is 1.27. The summed E-state index contributed by atoms with van der Waals surface area (Å²) in [5, 5.41) is 0. The molecule has 0 aromatic carbocycles. The van der Waals surface area contributed by atoms with Crippen LogP contribution in [0.4, 0.5) is 5.82 Å². The topological polar surface area (TPSA) is 123 Å². The molecule has 0 saturated heterocycles. The molecule has 0 bridgehead atoms. The Labute approximate surface area is 79.4 Å². The van der Waals surface area contributed by atoms with E-state index >= 15 is 0 Å². The van der Waals surface area contributed by atoms with Gasteiger partial charge in [0.1, 0.15) is 11.5 Å². The number of hydrogen-bond acceptors (Lipinski definition) is 5. The number of amides is 1. The largest absolute Gasteiger partial charge is 0.464 e. The van der Waals surface area contributed by atoms with Crippen molar-refractivity contribution in [2.75, 3.05) is 12.8 Å². The zero-order chi connectivity index (χ0) is 10.7. The lowest BCUT2D eigenvalue weighted by molar-refractivity contribution is 0.0595. The second kappa shape index (κ2) is 3.79. The molecule has 14 heavy (non-hydrogen) atoms. The molecule has 1 rings (SSSR count). The summed E-state index contributed by atoms with van der Waals surface area (Å²) in [6.07, 6.45) is 0. The molecule has 1 amide bonds. The molecule has 76 valence electrons. The Kier molecular flexibility index (Phi) is 2.73. The summed E-state index contributed by atoms with van der Waals surface area (Å²) in [5.41, 5.74) is 7.54. The molecule has 0 radical (unpaired) electrons. The maximum Gasteiger partial charge on any atom is 0.354 e. The van der Waals surface area contributed by atoms with Crippen LogP contribution in [0.3, 0.4) is 0 Å². The molecular formula is C7H10N4O3. The quantitative estimate of drug-likeness (QED) is 0.210. The second-order valence-corrected chi connectivity index (χ2v) is 2.48. The molecule has 1 heterocycles. The first-order valence-corrected chi connectivity index (χ1v) is 3.68. The van der Waals surface area contributed by atoms with Crippen LogP contribution in [0.5, 0.6) is 0 Å². The van der Waals surface area contributed by atoms with Crippen LogP contribution >= 0.6 is 0 Å². The fourth-order valence-electron chi connectivity index (χ4n) is 0.956. The lowest BCUT2D eigenvalue weighted by Gasteiger charge is -1.95. The molecule has 7 heteroatoms. The Hall–Kier alpha value is -2.02. The van der Waals surface area contributed by atoms with E-state index in [1.165, 1.54) is 13.2 Å². The van der Waals surface area contributed by atoms with Crippen molar-refractivity contribution in [1.29, 1.82) is 0 Å². The number of esters is 1. The fourth-order valence-corrected chi connectivity index (χ4v) is 0.956. The van der Waals surface area contributed by atoms with Gasteiger partial charge in [-0.25, -0.2) is 10.6 Å². The Morgan fingerprint density at radius 1 is 1.57 bits per heavy atom. The highest BCUT2D eigenvalue weighted by molar-refractivity contribution is 6.01. The molecule has 1 aromatic heterocycles. The average Bonchev–Trinajstić information content (AvgIpc) is 2.58. The van der Waals surface area contributed by atoms with E-state index in [9.17, 15) is 9.59 Å². The number of nitrogen functional groups attached to an aromatic ring is 2. The first-order chi connectivity index (χ1) is 6.60. The lowest BCUT2D eigenvalue weighted by atomic mass is 10.3. The molecule has 0 unspecified atom stereocenters. The van der Waals surface area contributed by atoms with Crippen molar-refractivity contribution in [2.45, 2.75) is 0 Å². The van der Waals surface area contributed by atoms with Crippen molar-refractivity contribution in [3.05, 3.63) is 17.3 Å². The van der Waals surface area contributed by atoms with Gasteiger partial charge in [-0.2, -0.15) is 0 Å². The number of hydrogen-bond donors (Lipinski definition) is 4. The Balaban J connectivity index is 3.05. The van der Waals surface area contributed by atoms with Gasteiger partial charge in [-0.3, -0.25) is 10.2 Å². The first kappa shape index (κ1) is 10.1. The van der Waals surface area contributed by atoms with Crippen molar-refractivity contribution in [1.82, 2.24) is 10.4 Å². The minimum Gasteiger partial charge on any atom is -0.464 e. The summed E-state index contributed by atoms with van der Waals surface area (Å²) in [6.45, 7) is 0. The molecular weight excluding hydrogens is 188 g/mol. The van der Waals surface area contributed by atoms with E-state index in [-0.39, 0.29) is 17.1 Å². The molecule has 0 spiro atoms. The molecule has 7 nitrogen and oxygen atoms in total. The highest BCUT2D eigenvalue weighted by atomic mass is 16.5. The number of H-pyrrole nitrogens is 1. The maximum atomic E-state index is 11.1. The number of carbonyl (C=O) groups is 2. The number of carbonyl (C=O) groups excluding carboxylic acids is 2. The van der Waals surface area contributed by atoms with E-state index in [1.807, 2.05) is 5.43 Å². The molecule has 0 atom stereocenters. The Bertz CT molecular complexity index is 371. The van der Waals surface area contributed by atoms with Gasteiger partial charge in [-0.05, 0) is 6.07 Å². The van der Waals surface area contributed by atoms with Crippen LogP contribution < -0.4 is 17.0 Å². The predicted molar refractivity (Wildman–Crippen MR) is 48.2 cm³/mol. The van der Waals surface area contributed by atoms with Crippen LogP contribution in [0.1, 0.15) is 20.8 Å². The third-order valence-electron chi connectivity index (χ3n) is 1.63. The Morgan fingerprint density at radius 3 is 2.71 bits per heavy atom. The van der Waals surface area contributed by atoms with Crippen LogP contribution in [-0.4, -0.2) is 24.0 Å². The van der Waals surface area contributed by atoms with E-state index in [0.717, 1.165) is 0 Å². The van der Waals surface area contributed by atoms with Crippen LogP contribution in [-0.2, 0) is 4.74 Å². The van der Waals surface area contributed by atoms with E-state index in [1.54, 1.807) is 0 Å². The minimum absolute atomic E-state index is 0.0633. The van der Waals surface area contributed by atoms with Gasteiger partial charge in [0.05, 0.1) is 12.7 Å². The third kappa shape index (κ3) is 1.67. The summed E-state index contributed by atoms with van der Waals surface area (Å²) >= 11 is 0. The summed E-state index contributed by atoms with van der Waals surface area (Å²) < 4.78 is 4.43. The van der Waals surface area contributed by atoms with Gasteiger partial charge in [0.2, 0.25) is 0 Å². The molecule has 1 aromatic rings. The zero-order valence-corrected chi connectivity index (χ0v) is 7.46. The van der Waals surface area contributed by atoms with Crippen molar-refractivity contribution in [3.8, 4) is 0 Å². The number of rotatable bonds is 2. The SMILES string of the molecule is COC(=O)c1cc(C(=O)NN)c(N)[nH]1. The number of nitrogens with two attached hydrogens (primary N) is 2. The smallest absolute Gasteiger partial charge is 0.354 e. The van der Waals surface area contributed by atoms with Crippen LogP contribution in [0.25, 0.3) is 0 Å². The third-order valence-corrected chi connectivity index (χ3v) is 1.63. The van der Waals surface area contributed by atoms with Gasteiger partial charge in [-0.15, -0.1) is 0 Å². The zero-order valence-electron chi connectivity index (χ0n) is 7.46. The van der Waals surface area contributed by atoms with E-state index in [2.05, 4.69) is 9.72 Å². The summed E-state index contributed by atoms with van der Waals surface area (Å²) in [4.78, 5) is 24.6. The highest BCUT2D eigenvalue weighted by Gasteiger charge is 2.16. The summed E-state index contributed by atoms with van der Waals surface area (Å²) in [7, 11) is 1.22. The Morgan fingerprint density at radius 2 is 2.21 bits per heavy atom. The predicted octanol–water partition coefficient (Wildman–Crippen LogP) is -1.01. The monoisotopic (exact) mass is 198 g/mol. The van der Waals surface area contributed by atoms with Gasteiger partial charge >= 0.3 is 5.97 Å². The first-order valence-electron chi connectivity index (χ1n) is 3.68. The highest BCUT2D eigenvalue weighted by Crippen LogP contribution is 2.13. The number of aromatic amines is 1. The van der Waals surface area contributed by atoms with E-state index < -0.39 is 11.9 Å². The second-order valence-electron chi connectivity index (χ2n) is 2.48. The standard InChI is InChI=1S/C7H10N4O3/c1-14-7(13)4-2-3(5(8)10-4)6(12)11-9/h2,10H,8-9H2,1H3,(H,11,12). The normalized spacial score (nSPS) is 9.57. The maximum absolute atomic E-state index is 11.1. The van der Waals surface area contributed by atoms with Crippen molar-refractivity contribution < 1.29 is 14.3 Å². The van der Waals surface area contributed by atoms with E-state index in [4.69, 9.17) is 11.6 Å². The van der Waals surface area contributed by atoms with E-state index in [0.29, 0.717) is 0 Å². The lowest BCUT2D eigenvalue weighted by Crippen LogP contribution is -2.30. The molecule has 6 N–H and O–H groups in total. The van der Waals surface area contributed by atoms with Gasteiger partial charge in [0.25, 0.3) is 5.91 Å². The number of methoxy groups -OCH3 is 1. The molecule has 0 aliphatic rings. The molecule has 0 aliphatic carbocycles. The van der Waals surface area contributed by atoms with Crippen molar-refractivity contribution in [2.24, 2.45) is 5.84 Å². The fraction of sp³-hybridized carbons (Fsp3) is 0.143. The van der Waals surface area contributed by atoms with Crippen LogP contribution in [0, 0.1) is 0 Å². The van der Waals surface area contributed by atoms with Gasteiger partial charge < -0.3 is 15.5 Å². The number of anilines is 1. The van der Waals surface area contributed by atoms with Crippen molar-refractivity contribution >= 4 is 17.7 Å². The number of hydrazine groups is 1. The number of ether oxygens (including phenoxy) is 1. The molecule has 0 fully saturated rings. The molecule has 0 saturated carbocycles. The molecule has 0 aliphatic heterocycles. The number of nitrogens with one attached hydrogen (secondary N) is 2. The van der Waals surface area contributed by atoms with Gasteiger partial charge in [0.15, 0.2) is 0 Å². The number of aromatic nitrogens is 1. The van der Waals surface area contributed by atoms with Crippen molar-refractivity contribution in [3.63, 3.8) is 0 Å². The average molecular weight is 198 g/mol. The van der Waals surface area contributed by atoms with Crippen LogP contribution in [0.2, 0.25) is 0 Å². The minimum atomic E-state index is -0.604. The van der Waals surface area contributed by atoms with Gasteiger partial charge in [-0.1, -0.05) is 0 Å². The summed E-state index contributed by atoms with van der Waals surface area (Å²) in [5.74, 6) is 3.79. The van der Waals surface area contributed by atoms with Crippen LogP contribution in [0.15, 0.2) is 6.07 Å². The van der Waals surface area contributed by atoms with Gasteiger partial charge in [0, 0.05) is 0 Å².